The van der Waals surface area contributed by atoms with Crippen molar-refractivity contribution in [1.29, 1.82) is 0 Å². The Bertz CT molecular complexity index is 74.1. The van der Waals surface area contributed by atoms with E-state index in [0.717, 1.165) is 6.54 Å². The molecule has 7 heavy (non-hydrogen) atoms. The molecule has 0 bridgehead atoms. The van der Waals surface area contributed by atoms with Crippen LogP contribution in [-0.2, 0) is 0 Å². The molecule has 0 aliphatic carbocycles. The third-order valence-corrected chi connectivity index (χ3v) is 0.485. The lowest BCUT2D eigenvalue weighted by Crippen LogP contribution is -1.76. The largest absolute Gasteiger partial charge is 0.405 e. The van der Waals surface area contributed by atoms with Crippen molar-refractivity contribution in [3.63, 3.8) is 0 Å². The molecule has 0 saturated heterocycles. The Morgan fingerprint density at radius 1 is 1.71 bits per heavy atom. The van der Waals surface area contributed by atoms with Crippen molar-refractivity contribution in [1.82, 2.24) is 0 Å². The SMILES string of the molecule is CC/N=C\C=C/N. The van der Waals surface area contributed by atoms with Gasteiger partial charge in [0.05, 0.1) is 0 Å². The van der Waals surface area contributed by atoms with Crippen molar-refractivity contribution in [3.8, 4) is 0 Å². The van der Waals surface area contributed by atoms with Crippen LogP contribution in [0.4, 0.5) is 0 Å². The van der Waals surface area contributed by atoms with Gasteiger partial charge in [0, 0.05) is 12.8 Å². The van der Waals surface area contributed by atoms with Gasteiger partial charge in [-0.15, -0.1) is 0 Å². The molecule has 0 aromatic carbocycles. The monoisotopic (exact) mass is 98.1 g/mol. The van der Waals surface area contributed by atoms with Crippen LogP contribution in [0.3, 0.4) is 0 Å². The van der Waals surface area contributed by atoms with Crippen molar-refractivity contribution < 1.29 is 0 Å². The zero-order valence-electron chi connectivity index (χ0n) is 4.46. The molecule has 0 amide bonds. The molecular weight excluding hydrogens is 88.1 g/mol. The molecule has 0 fully saturated rings. The lowest BCUT2D eigenvalue weighted by Gasteiger charge is -1.72. The topological polar surface area (TPSA) is 38.4 Å². The van der Waals surface area contributed by atoms with Crippen molar-refractivity contribution in [2.45, 2.75) is 6.92 Å². The van der Waals surface area contributed by atoms with E-state index >= 15 is 0 Å². The Morgan fingerprint density at radius 2 is 2.43 bits per heavy atom. The van der Waals surface area contributed by atoms with Gasteiger partial charge in [0.2, 0.25) is 0 Å². The van der Waals surface area contributed by atoms with E-state index in [4.69, 9.17) is 5.73 Å². The van der Waals surface area contributed by atoms with Crippen LogP contribution in [0.2, 0.25) is 0 Å². The van der Waals surface area contributed by atoms with E-state index in [1.165, 1.54) is 6.20 Å². The highest BCUT2D eigenvalue weighted by Gasteiger charge is 1.57. The first-order chi connectivity index (χ1) is 3.41. The Hall–Kier alpha value is -0.790. The Labute approximate surface area is 43.7 Å². The molecule has 0 rings (SSSR count). The summed E-state index contributed by atoms with van der Waals surface area (Å²) in [6, 6.07) is 0. The summed E-state index contributed by atoms with van der Waals surface area (Å²) in [5.41, 5.74) is 5.00. The average Bonchev–Trinajstić information content (AvgIpc) is 1.69. The minimum atomic E-state index is 0.824. The molecular formula is C5H10N2. The maximum atomic E-state index is 5.00. The van der Waals surface area contributed by atoms with E-state index in [1.807, 2.05) is 6.92 Å². The number of aliphatic imine (C=N–C) groups is 1. The number of rotatable bonds is 2. The van der Waals surface area contributed by atoms with E-state index < -0.39 is 0 Å². The summed E-state index contributed by atoms with van der Waals surface area (Å²) in [4.78, 5) is 3.87. The Morgan fingerprint density at radius 3 is 2.86 bits per heavy atom. The van der Waals surface area contributed by atoms with Gasteiger partial charge in [-0.2, -0.15) is 0 Å². The second-order valence-corrected chi connectivity index (χ2v) is 1.03. The van der Waals surface area contributed by atoms with E-state index in [0.29, 0.717) is 0 Å². The molecule has 0 aromatic rings. The third-order valence-electron chi connectivity index (χ3n) is 0.485. The van der Waals surface area contributed by atoms with E-state index in [9.17, 15) is 0 Å². The molecule has 40 valence electrons. The summed E-state index contributed by atoms with van der Waals surface area (Å²) < 4.78 is 0. The predicted molar refractivity (Wildman–Crippen MR) is 32.4 cm³/mol. The smallest absolute Gasteiger partial charge is 0.0360 e. The van der Waals surface area contributed by atoms with Gasteiger partial charge < -0.3 is 5.73 Å². The lowest BCUT2D eigenvalue weighted by molar-refractivity contribution is 1.14. The number of nitrogens with two attached hydrogens (primary N) is 1. The zero-order chi connectivity index (χ0) is 5.54. The molecule has 2 heteroatoms. The van der Waals surface area contributed by atoms with Crippen LogP contribution in [-0.4, -0.2) is 12.8 Å². The summed E-state index contributed by atoms with van der Waals surface area (Å²) >= 11 is 0. The number of hydrogen-bond acceptors (Lipinski definition) is 2. The maximum Gasteiger partial charge on any atom is 0.0360 e. The minimum Gasteiger partial charge on any atom is -0.405 e. The second-order valence-electron chi connectivity index (χ2n) is 1.03. The molecule has 0 heterocycles. The predicted octanol–water partition coefficient (Wildman–Crippen LogP) is 0.550. The number of nitrogens with zero attached hydrogens (tertiary/aromatic N) is 1. The molecule has 0 saturated carbocycles. The van der Waals surface area contributed by atoms with Gasteiger partial charge in [-0.1, -0.05) is 0 Å². The van der Waals surface area contributed by atoms with Crippen LogP contribution in [0.5, 0.6) is 0 Å². The summed E-state index contributed by atoms with van der Waals surface area (Å²) in [5, 5.41) is 0. The van der Waals surface area contributed by atoms with E-state index in [-0.39, 0.29) is 0 Å². The van der Waals surface area contributed by atoms with Crippen LogP contribution in [0.25, 0.3) is 0 Å². The molecule has 2 nitrogen and oxygen atoms in total. The van der Waals surface area contributed by atoms with E-state index in [1.54, 1.807) is 12.3 Å². The summed E-state index contributed by atoms with van der Waals surface area (Å²) in [6.07, 6.45) is 4.84. The van der Waals surface area contributed by atoms with Crippen molar-refractivity contribution >= 4 is 6.21 Å². The molecule has 0 aliphatic heterocycles. The summed E-state index contributed by atoms with van der Waals surface area (Å²) in [6.45, 7) is 2.80. The van der Waals surface area contributed by atoms with E-state index in [2.05, 4.69) is 4.99 Å². The first-order valence-corrected chi connectivity index (χ1v) is 2.28. The van der Waals surface area contributed by atoms with Gasteiger partial charge in [-0.05, 0) is 19.2 Å². The minimum absolute atomic E-state index is 0.824. The molecule has 2 N–H and O–H groups in total. The fraction of sp³-hybridized carbons (Fsp3) is 0.400. The van der Waals surface area contributed by atoms with Crippen LogP contribution in [0.15, 0.2) is 17.3 Å². The Balaban J connectivity index is 3.09. The highest BCUT2D eigenvalue weighted by Crippen LogP contribution is 1.62. The average molecular weight is 98.1 g/mol. The van der Waals surface area contributed by atoms with Gasteiger partial charge in [-0.3, -0.25) is 4.99 Å². The van der Waals surface area contributed by atoms with Gasteiger partial charge in [0.15, 0.2) is 0 Å². The molecule has 0 radical (unpaired) electrons. The molecule has 0 aromatic heterocycles. The fourth-order valence-corrected chi connectivity index (χ4v) is 0.216. The first-order valence-electron chi connectivity index (χ1n) is 2.28. The van der Waals surface area contributed by atoms with Gasteiger partial charge in [-0.25, -0.2) is 0 Å². The van der Waals surface area contributed by atoms with Crippen molar-refractivity contribution in [2.24, 2.45) is 10.7 Å². The zero-order valence-corrected chi connectivity index (χ0v) is 4.46. The van der Waals surface area contributed by atoms with Gasteiger partial charge >= 0.3 is 0 Å². The van der Waals surface area contributed by atoms with Crippen LogP contribution in [0, 0.1) is 0 Å². The fourth-order valence-electron chi connectivity index (χ4n) is 0.216. The number of hydrogen-bond donors (Lipinski definition) is 1. The van der Waals surface area contributed by atoms with Gasteiger partial charge in [0.25, 0.3) is 0 Å². The Kier molecular flexibility index (Phi) is 4.62. The standard InChI is InChI=1S/C5H10N2/c1-2-7-5-3-4-6/h3-5H,2,6H2,1H3/b4-3-,7-5-. The molecule has 0 atom stereocenters. The maximum absolute atomic E-state index is 5.00. The summed E-state index contributed by atoms with van der Waals surface area (Å²) in [5.74, 6) is 0. The van der Waals surface area contributed by atoms with Crippen molar-refractivity contribution in [2.75, 3.05) is 6.54 Å². The summed E-state index contributed by atoms with van der Waals surface area (Å²) in [7, 11) is 0. The quantitative estimate of drug-likeness (QED) is 0.503. The highest BCUT2D eigenvalue weighted by molar-refractivity contribution is 5.70. The van der Waals surface area contributed by atoms with Crippen LogP contribution >= 0.6 is 0 Å². The molecule has 0 aliphatic rings. The third kappa shape index (κ3) is 5.21. The van der Waals surface area contributed by atoms with Crippen LogP contribution in [0.1, 0.15) is 6.92 Å². The first kappa shape index (κ1) is 6.21. The van der Waals surface area contributed by atoms with Gasteiger partial charge in [0.1, 0.15) is 0 Å². The normalized spacial score (nSPS) is 11.6. The molecule has 0 spiro atoms. The number of allylic oxidation sites excluding steroid dienone is 1. The molecule has 0 unspecified atom stereocenters. The second kappa shape index (κ2) is 5.21. The highest BCUT2D eigenvalue weighted by atomic mass is 14.7. The van der Waals surface area contributed by atoms with Crippen LogP contribution < -0.4 is 5.73 Å². The lowest BCUT2D eigenvalue weighted by atomic mass is 10.6. The van der Waals surface area contributed by atoms with Crippen molar-refractivity contribution in [3.05, 3.63) is 12.3 Å².